The van der Waals surface area contributed by atoms with E-state index in [0.29, 0.717) is 6.42 Å². The Morgan fingerprint density at radius 2 is 1.57 bits per heavy atom. The summed E-state index contributed by atoms with van der Waals surface area (Å²) in [5, 5.41) is 8.81. The minimum Gasteiger partial charge on any atom is -0.206 e. The number of hydrogen-bond acceptors (Lipinski definition) is 1. The van der Waals surface area contributed by atoms with Gasteiger partial charge in [0.05, 0.1) is 0 Å². The van der Waals surface area contributed by atoms with E-state index in [1.54, 1.807) is 6.07 Å². The van der Waals surface area contributed by atoms with Crippen LogP contribution in [0, 0.1) is 28.8 Å². The first-order valence-electron chi connectivity index (χ1n) is 9.36. The molecule has 3 aromatic carbocycles. The number of nitriles is 1. The van der Waals surface area contributed by atoms with Gasteiger partial charge in [0.1, 0.15) is 29.1 Å². The van der Waals surface area contributed by atoms with Gasteiger partial charge in [-0.15, -0.1) is 0 Å². The summed E-state index contributed by atoms with van der Waals surface area (Å²) in [6, 6.07) is 12.9. The minimum absolute atomic E-state index is 0.0916. The van der Waals surface area contributed by atoms with Crippen molar-refractivity contribution in [3.63, 3.8) is 0 Å². The van der Waals surface area contributed by atoms with Crippen molar-refractivity contribution in [2.45, 2.75) is 32.6 Å². The van der Waals surface area contributed by atoms with Crippen LogP contribution >= 0.6 is 0 Å². The zero-order valence-electron chi connectivity index (χ0n) is 15.5. The average molecular weight is 377 g/mol. The Balaban J connectivity index is 1.75. The van der Waals surface area contributed by atoms with E-state index < -0.39 is 23.0 Å². The van der Waals surface area contributed by atoms with E-state index >= 15 is 0 Å². The molecule has 28 heavy (non-hydrogen) atoms. The molecule has 1 aliphatic carbocycles. The van der Waals surface area contributed by atoms with Gasteiger partial charge in [0.25, 0.3) is 0 Å². The standard InChI is InChI=1S/C24H18F3N/c1-2-3-4-14-5-6-18-15(7-14)8-16-9-20(24(27)12-19(16)18)17-10-22(25)21(13-28)23(26)11-17/h5-7,9-12H,2-4,8H2,1H3. The number of nitrogens with zero attached hydrogens (tertiary/aromatic N) is 1. The van der Waals surface area contributed by atoms with Gasteiger partial charge < -0.3 is 0 Å². The Morgan fingerprint density at radius 1 is 0.857 bits per heavy atom. The van der Waals surface area contributed by atoms with E-state index in [-0.39, 0.29) is 11.1 Å². The molecule has 3 aromatic rings. The molecule has 1 nitrogen and oxygen atoms in total. The van der Waals surface area contributed by atoms with Crippen LogP contribution in [0.15, 0.2) is 42.5 Å². The number of hydrogen-bond donors (Lipinski definition) is 0. The molecule has 140 valence electrons. The topological polar surface area (TPSA) is 23.8 Å². The third-order valence-corrected chi connectivity index (χ3v) is 5.32. The van der Waals surface area contributed by atoms with Crippen LogP contribution in [0.3, 0.4) is 0 Å². The largest absolute Gasteiger partial charge is 0.206 e. The zero-order valence-corrected chi connectivity index (χ0v) is 15.5. The van der Waals surface area contributed by atoms with Crippen molar-refractivity contribution in [2.24, 2.45) is 0 Å². The fraction of sp³-hybridized carbons (Fsp3) is 0.208. The van der Waals surface area contributed by atoms with Gasteiger partial charge in [-0.1, -0.05) is 31.5 Å². The lowest BCUT2D eigenvalue weighted by molar-refractivity contribution is 0.577. The fourth-order valence-electron chi connectivity index (χ4n) is 3.87. The van der Waals surface area contributed by atoms with Crippen molar-refractivity contribution in [2.75, 3.05) is 0 Å². The smallest absolute Gasteiger partial charge is 0.144 e. The van der Waals surface area contributed by atoms with E-state index in [2.05, 4.69) is 19.1 Å². The van der Waals surface area contributed by atoms with Crippen molar-refractivity contribution < 1.29 is 13.2 Å². The average Bonchev–Trinajstić information content (AvgIpc) is 3.02. The first-order valence-corrected chi connectivity index (χ1v) is 9.36. The first kappa shape index (κ1) is 18.3. The highest BCUT2D eigenvalue weighted by atomic mass is 19.1. The Kier molecular flexibility index (Phi) is 4.68. The van der Waals surface area contributed by atoms with Gasteiger partial charge in [-0.05, 0) is 76.9 Å². The van der Waals surface area contributed by atoms with Gasteiger partial charge in [-0.3, -0.25) is 0 Å². The summed E-state index contributed by atoms with van der Waals surface area (Å²) >= 11 is 0. The van der Waals surface area contributed by atoms with Gasteiger partial charge >= 0.3 is 0 Å². The van der Waals surface area contributed by atoms with Crippen LogP contribution in [-0.4, -0.2) is 0 Å². The third-order valence-electron chi connectivity index (χ3n) is 5.32. The highest BCUT2D eigenvalue weighted by Crippen LogP contribution is 2.40. The Morgan fingerprint density at radius 3 is 2.25 bits per heavy atom. The lowest BCUT2D eigenvalue weighted by Crippen LogP contribution is -1.95. The lowest BCUT2D eigenvalue weighted by Gasteiger charge is -2.09. The maximum atomic E-state index is 14.8. The molecule has 1 aliphatic rings. The third kappa shape index (κ3) is 3.07. The van der Waals surface area contributed by atoms with E-state index in [1.807, 2.05) is 6.07 Å². The summed E-state index contributed by atoms with van der Waals surface area (Å²) in [4.78, 5) is 0. The normalized spacial score (nSPS) is 11.8. The van der Waals surface area contributed by atoms with Crippen LogP contribution in [0.1, 0.15) is 42.0 Å². The second-order valence-electron chi connectivity index (χ2n) is 7.19. The van der Waals surface area contributed by atoms with Crippen molar-refractivity contribution in [3.8, 4) is 28.3 Å². The molecule has 0 saturated heterocycles. The monoisotopic (exact) mass is 377 g/mol. The quantitative estimate of drug-likeness (QED) is 0.395. The summed E-state index contributed by atoms with van der Waals surface area (Å²) in [5.41, 5.74) is 4.77. The summed E-state index contributed by atoms with van der Waals surface area (Å²) in [7, 11) is 0. The molecule has 0 aliphatic heterocycles. The zero-order chi connectivity index (χ0) is 19.8. The van der Waals surface area contributed by atoms with Gasteiger partial charge in [-0.25, -0.2) is 13.2 Å². The Bertz CT molecular complexity index is 1100. The fourth-order valence-corrected chi connectivity index (χ4v) is 3.87. The number of rotatable bonds is 4. The molecular weight excluding hydrogens is 359 g/mol. The molecule has 0 aromatic heterocycles. The van der Waals surface area contributed by atoms with E-state index in [1.165, 1.54) is 17.7 Å². The molecule has 0 atom stereocenters. The van der Waals surface area contributed by atoms with Crippen LogP contribution < -0.4 is 0 Å². The maximum absolute atomic E-state index is 14.8. The summed E-state index contributed by atoms with van der Waals surface area (Å²) in [5.74, 6) is -2.51. The Hall–Kier alpha value is -3.06. The summed E-state index contributed by atoms with van der Waals surface area (Å²) in [6.07, 6.45) is 3.94. The number of halogens is 3. The molecular formula is C24H18F3N. The second-order valence-corrected chi connectivity index (χ2v) is 7.19. The molecule has 0 bridgehead atoms. The molecule has 0 spiro atoms. The van der Waals surface area contributed by atoms with E-state index in [9.17, 15) is 13.2 Å². The molecule has 0 radical (unpaired) electrons. The van der Waals surface area contributed by atoms with Crippen LogP contribution in [0.25, 0.3) is 22.3 Å². The lowest BCUT2D eigenvalue weighted by atomic mass is 9.97. The highest BCUT2D eigenvalue weighted by molar-refractivity contribution is 5.81. The molecule has 4 rings (SSSR count). The molecule has 4 heteroatoms. The van der Waals surface area contributed by atoms with Crippen LogP contribution in [-0.2, 0) is 12.8 Å². The van der Waals surface area contributed by atoms with Gasteiger partial charge in [-0.2, -0.15) is 5.26 Å². The first-order chi connectivity index (χ1) is 13.5. The Labute approximate surface area is 162 Å². The molecule has 0 heterocycles. The van der Waals surface area contributed by atoms with Crippen LogP contribution in [0.2, 0.25) is 0 Å². The molecule has 0 fully saturated rings. The van der Waals surface area contributed by atoms with E-state index in [4.69, 9.17) is 5.26 Å². The number of fused-ring (bicyclic) bond motifs is 3. The van der Waals surface area contributed by atoms with Crippen molar-refractivity contribution in [1.29, 1.82) is 5.26 Å². The van der Waals surface area contributed by atoms with Crippen LogP contribution in [0.5, 0.6) is 0 Å². The molecule has 0 N–H and O–H groups in total. The summed E-state index contributed by atoms with van der Waals surface area (Å²) in [6.45, 7) is 2.16. The number of unbranched alkanes of at least 4 members (excludes halogenated alkanes) is 1. The predicted octanol–water partition coefficient (Wildman–Crippen LogP) is 6.56. The summed E-state index contributed by atoms with van der Waals surface area (Å²) < 4.78 is 42.8. The van der Waals surface area contributed by atoms with Crippen molar-refractivity contribution in [3.05, 3.63) is 82.2 Å². The molecule has 0 unspecified atom stereocenters. The van der Waals surface area contributed by atoms with Gasteiger partial charge in [0, 0.05) is 5.56 Å². The maximum Gasteiger partial charge on any atom is 0.144 e. The number of benzene rings is 3. The minimum atomic E-state index is -0.985. The SMILES string of the molecule is CCCCc1ccc2c(c1)Cc1cc(-c3cc(F)c(C#N)c(F)c3)c(F)cc1-2. The molecule has 0 saturated carbocycles. The van der Waals surface area contributed by atoms with Crippen molar-refractivity contribution in [1.82, 2.24) is 0 Å². The number of aryl methyl sites for hydroxylation is 1. The van der Waals surface area contributed by atoms with Gasteiger partial charge in [0.2, 0.25) is 0 Å². The van der Waals surface area contributed by atoms with Crippen LogP contribution in [0.4, 0.5) is 13.2 Å². The van der Waals surface area contributed by atoms with Gasteiger partial charge in [0.15, 0.2) is 0 Å². The highest BCUT2D eigenvalue weighted by Gasteiger charge is 2.22. The van der Waals surface area contributed by atoms with E-state index in [0.717, 1.165) is 53.6 Å². The van der Waals surface area contributed by atoms with Crippen molar-refractivity contribution >= 4 is 0 Å². The molecule has 0 amide bonds. The second kappa shape index (κ2) is 7.16. The predicted molar refractivity (Wildman–Crippen MR) is 103 cm³/mol.